The van der Waals surface area contributed by atoms with Crippen LogP contribution >= 0.6 is 12.6 Å². The first-order valence-electron chi connectivity index (χ1n) is 5.76. The molecule has 0 aromatic heterocycles. The first-order valence-corrected chi connectivity index (χ1v) is 6.40. The van der Waals surface area contributed by atoms with Crippen LogP contribution in [0.3, 0.4) is 0 Å². The quantitative estimate of drug-likeness (QED) is 0.669. The summed E-state index contributed by atoms with van der Waals surface area (Å²) in [6.45, 7) is 2.55. The minimum atomic E-state index is 0.926. The van der Waals surface area contributed by atoms with Crippen molar-refractivity contribution in [2.45, 2.75) is 44.6 Å². The van der Waals surface area contributed by atoms with Gasteiger partial charge in [-0.1, -0.05) is 12.8 Å². The topological polar surface area (TPSA) is 3.24 Å². The predicted octanol–water partition coefficient (Wildman–Crippen LogP) is 2.57. The van der Waals surface area contributed by atoms with Crippen LogP contribution in [0.25, 0.3) is 0 Å². The standard InChI is InChI=1S/C11H21NS/c13-9-8-12-7-3-5-10-4-1-2-6-11(10)12/h10-11,13H,1-9H2. The second-order valence-electron chi connectivity index (χ2n) is 4.51. The van der Waals surface area contributed by atoms with Gasteiger partial charge in [0.15, 0.2) is 0 Å². The Morgan fingerprint density at radius 3 is 2.69 bits per heavy atom. The lowest BCUT2D eigenvalue weighted by molar-refractivity contribution is 0.0667. The van der Waals surface area contributed by atoms with Crippen molar-refractivity contribution in [3.05, 3.63) is 0 Å². The summed E-state index contributed by atoms with van der Waals surface area (Å²) in [5, 5.41) is 0. The molecule has 76 valence electrons. The fourth-order valence-corrected chi connectivity index (χ4v) is 3.39. The van der Waals surface area contributed by atoms with E-state index in [-0.39, 0.29) is 0 Å². The zero-order valence-corrected chi connectivity index (χ0v) is 9.31. The number of rotatable bonds is 2. The van der Waals surface area contributed by atoms with Crippen molar-refractivity contribution in [3.8, 4) is 0 Å². The Balaban J connectivity index is 1.94. The number of likely N-dealkylation sites (tertiary alicyclic amines) is 1. The molecule has 2 atom stereocenters. The number of piperidine rings is 1. The van der Waals surface area contributed by atoms with Crippen molar-refractivity contribution in [1.82, 2.24) is 4.90 Å². The Labute approximate surface area is 87.3 Å². The van der Waals surface area contributed by atoms with Crippen LogP contribution in [0.1, 0.15) is 38.5 Å². The van der Waals surface area contributed by atoms with E-state index in [9.17, 15) is 0 Å². The molecule has 2 unspecified atom stereocenters. The summed E-state index contributed by atoms with van der Waals surface area (Å²) in [5.41, 5.74) is 0. The maximum absolute atomic E-state index is 4.35. The van der Waals surface area contributed by atoms with Crippen molar-refractivity contribution in [2.24, 2.45) is 5.92 Å². The molecule has 1 saturated carbocycles. The average Bonchev–Trinajstić information content (AvgIpc) is 2.19. The number of hydrogen-bond acceptors (Lipinski definition) is 2. The second kappa shape index (κ2) is 4.70. The van der Waals surface area contributed by atoms with E-state index < -0.39 is 0 Å². The SMILES string of the molecule is SCCN1CCCC2CCCCC21. The van der Waals surface area contributed by atoms with E-state index in [1.165, 1.54) is 51.6 Å². The van der Waals surface area contributed by atoms with E-state index >= 15 is 0 Å². The van der Waals surface area contributed by atoms with Gasteiger partial charge < -0.3 is 0 Å². The Hall–Kier alpha value is 0.310. The van der Waals surface area contributed by atoms with Crippen LogP contribution < -0.4 is 0 Å². The molecule has 1 saturated heterocycles. The molecule has 1 heterocycles. The number of fused-ring (bicyclic) bond motifs is 1. The van der Waals surface area contributed by atoms with E-state index in [1.54, 1.807) is 0 Å². The van der Waals surface area contributed by atoms with Gasteiger partial charge in [-0.25, -0.2) is 0 Å². The molecule has 2 aliphatic rings. The third-order valence-electron chi connectivity index (χ3n) is 3.75. The van der Waals surface area contributed by atoms with E-state index in [0.29, 0.717) is 0 Å². The van der Waals surface area contributed by atoms with Gasteiger partial charge >= 0.3 is 0 Å². The number of thiol groups is 1. The average molecular weight is 199 g/mol. The van der Waals surface area contributed by atoms with Gasteiger partial charge in [0.1, 0.15) is 0 Å². The van der Waals surface area contributed by atoms with Gasteiger partial charge in [-0.2, -0.15) is 12.6 Å². The Morgan fingerprint density at radius 1 is 1.08 bits per heavy atom. The van der Waals surface area contributed by atoms with Crippen molar-refractivity contribution in [2.75, 3.05) is 18.8 Å². The lowest BCUT2D eigenvalue weighted by Gasteiger charge is -2.44. The van der Waals surface area contributed by atoms with Crippen molar-refractivity contribution >= 4 is 12.6 Å². The van der Waals surface area contributed by atoms with Crippen LogP contribution in [0.4, 0.5) is 0 Å². The van der Waals surface area contributed by atoms with Crippen LogP contribution in [0.5, 0.6) is 0 Å². The van der Waals surface area contributed by atoms with Crippen LogP contribution in [-0.2, 0) is 0 Å². The Kier molecular flexibility index (Phi) is 3.56. The summed E-state index contributed by atoms with van der Waals surface area (Å²) in [6, 6.07) is 0.926. The normalized spacial score (nSPS) is 35.8. The molecule has 0 aromatic rings. The molecule has 1 aliphatic heterocycles. The molecule has 0 radical (unpaired) electrons. The molecule has 2 heteroatoms. The van der Waals surface area contributed by atoms with E-state index in [1.807, 2.05) is 0 Å². The molecule has 0 bridgehead atoms. The van der Waals surface area contributed by atoms with Crippen molar-refractivity contribution in [1.29, 1.82) is 0 Å². The molecule has 13 heavy (non-hydrogen) atoms. The highest BCUT2D eigenvalue weighted by atomic mass is 32.1. The summed E-state index contributed by atoms with van der Waals surface area (Å²) in [6.07, 6.45) is 8.81. The highest BCUT2D eigenvalue weighted by Gasteiger charge is 2.32. The Bertz CT molecular complexity index is 156. The molecule has 0 aromatic carbocycles. The van der Waals surface area contributed by atoms with Gasteiger partial charge in [0.05, 0.1) is 0 Å². The maximum Gasteiger partial charge on any atom is 0.0124 e. The van der Waals surface area contributed by atoms with Crippen molar-refractivity contribution < 1.29 is 0 Å². The molecule has 1 nitrogen and oxygen atoms in total. The third-order valence-corrected chi connectivity index (χ3v) is 3.95. The molecule has 0 amide bonds. The van der Waals surface area contributed by atoms with Gasteiger partial charge in [-0.05, 0) is 38.1 Å². The van der Waals surface area contributed by atoms with E-state index in [0.717, 1.165) is 17.7 Å². The monoisotopic (exact) mass is 199 g/mol. The minimum absolute atomic E-state index is 0.926. The lowest BCUT2D eigenvalue weighted by Crippen LogP contribution is -2.47. The first kappa shape index (κ1) is 9.85. The summed E-state index contributed by atoms with van der Waals surface area (Å²) >= 11 is 4.35. The van der Waals surface area contributed by atoms with Crippen LogP contribution in [0.2, 0.25) is 0 Å². The summed E-state index contributed by atoms with van der Waals surface area (Å²) < 4.78 is 0. The fraction of sp³-hybridized carbons (Fsp3) is 1.00. The van der Waals surface area contributed by atoms with E-state index in [4.69, 9.17) is 0 Å². The predicted molar refractivity (Wildman–Crippen MR) is 60.4 cm³/mol. The zero-order chi connectivity index (χ0) is 9.10. The van der Waals surface area contributed by atoms with Crippen molar-refractivity contribution in [3.63, 3.8) is 0 Å². The highest BCUT2D eigenvalue weighted by molar-refractivity contribution is 7.80. The molecule has 2 rings (SSSR count). The fourth-order valence-electron chi connectivity index (χ4n) is 3.13. The second-order valence-corrected chi connectivity index (χ2v) is 4.96. The Morgan fingerprint density at radius 2 is 1.85 bits per heavy atom. The molecule has 0 spiro atoms. The number of nitrogens with zero attached hydrogens (tertiary/aromatic N) is 1. The molecular weight excluding hydrogens is 178 g/mol. The summed E-state index contributed by atoms with van der Waals surface area (Å²) in [4.78, 5) is 2.69. The lowest BCUT2D eigenvalue weighted by atomic mass is 9.78. The molecule has 1 aliphatic carbocycles. The van der Waals surface area contributed by atoms with Crippen LogP contribution in [-0.4, -0.2) is 29.8 Å². The third kappa shape index (κ3) is 2.21. The van der Waals surface area contributed by atoms with Gasteiger partial charge in [-0.15, -0.1) is 0 Å². The van der Waals surface area contributed by atoms with Gasteiger partial charge in [0, 0.05) is 18.3 Å². The van der Waals surface area contributed by atoms with E-state index in [2.05, 4.69) is 17.5 Å². The first-order chi connectivity index (χ1) is 6.42. The highest BCUT2D eigenvalue weighted by Crippen LogP contribution is 2.34. The summed E-state index contributed by atoms with van der Waals surface area (Å²) in [7, 11) is 0. The largest absolute Gasteiger partial charge is 0.299 e. The maximum atomic E-state index is 4.35. The van der Waals surface area contributed by atoms with Crippen LogP contribution in [0, 0.1) is 5.92 Å². The molecule has 2 fully saturated rings. The van der Waals surface area contributed by atoms with Gasteiger partial charge in [-0.3, -0.25) is 4.90 Å². The summed E-state index contributed by atoms with van der Waals surface area (Å²) in [5.74, 6) is 2.06. The van der Waals surface area contributed by atoms with Gasteiger partial charge in [0.2, 0.25) is 0 Å². The molecule has 0 N–H and O–H groups in total. The minimum Gasteiger partial charge on any atom is -0.299 e. The van der Waals surface area contributed by atoms with Gasteiger partial charge in [0.25, 0.3) is 0 Å². The zero-order valence-electron chi connectivity index (χ0n) is 8.41. The van der Waals surface area contributed by atoms with Crippen LogP contribution in [0.15, 0.2) is 0 Å². The number of hydrogen-bond donors (Lipinski definition) is 1. The smallest absolute Gasteiger partial charge is 0.0124 e. The molecular formula is C11H21NS.